The largest absolute Gasteiger partial charge is 0.384 e. The van der Waals surface area contributed by atoms with E-state index in [1.807, 2.05) is 0 Å². The number of piperidine rings is 3. The van der Waals surface area contributed by atoms with E-state index in [2.05, 4.69) is 4.90 Å². The average Bonchev–Trinajstić information content (AvgIpc) is 2.31. The lowest BCUT2D eigenvalue weighted by molar-refractivity contribution is -0.117. The minimum Gasteiger partial charge on any atom is -0.384 e. The molecule has 1 N–H and O–H groups in total. The number of benzene rings is 1. The van der Waals surface area contributed by atoms with Crippen LogP contribution in [0.5, 0.6) is 0 Å². The van der Waals surface area contributed by atoms with Gasteiger partial charge in [0.15, 0.2) is 0 Å². The number of nitrogens with zero attached hydrogens (tertiary/aromatic N) is 1. The van der Waals surface area contributed by atoms with Crippen molar-refractivity contribution in [3.05, 3.63) is 35.6 Å². The van der Waals surface area contributed by atoms with Crippen LogP contribution in [0, 0.1) is 11.7 Å². The van der Waals surface area contributed by atoms with Crippen LogP contribution in [-0.4, -0.2) is 29.6 Å². The Bertz CT molecular complexity index is 383. The molecule has 3 aliphatic heterocycles. The molecule has 0 radical (unpaired) electrons. The first-order chi connectivity index (χ1) is 7.68. The van der Waals surface area contributed by atoms with Gasteiger partial charge in [0, 0.05) is 6.54 Å². The van der Waals surface area contributed by atoms with E-state index in [1.54, 1.807) is 12.1 Å². The second-order valence-corrected chi connectivity index (χ2v) is 4.98. The molecule has 1 atom stereocenters. The van der Waals surface area contributed by atoms with E-state index in [0.29, 0.717) is 12.5 Å². The number of fused-ring (bicyclic) bond motifs is 3. The Morgan fingerprint density at radius 1 is 1.19 bits per heavy atom. The summed E-state index contributed by atoms with van der Waals surface area (Å²) < 4.78 is 12.9. The predicted molar refractivity (Wildman–Crippen MR) is 59.5 cm³/mol. The molecule has 0 aliphatic carbocycles. The maximum absolute atomic E-state index is 12.9. The highest BCUT2D eigenvalue weighted by Crippen LogP contribution is 2.42. The summed E-state index contributed by atoms with van der Waals surface area (Å²) in [6.07, 6.45) is 2.10. The van der Waals surface area contributed by atoms with Crippen molar-refractivity contribution in [2.75, 3.05) is 19.6 Å². The summed E-state index contributed by atoms with van der Waals surface area (Å²) in [5, 5.41) is 10.8. The molecule has 2 nitrogen and oxygen atoms in total. The Balaban J connectivity index is 1.95. The molecular formula is C13H16FNO. The van der Waals surface area contributed by atoms with Gasteiger partial charge in [-0.25, -0.2) is 4.39 Å². The quantitative estimate of drug-likeness (QED) is 0.780. The molecule has 0 unspecified atom stereocenters. The Hall–Kier alpha value is -0.930. The molecule has 3 fully saturated rings. The Kier molecular flexibility index (Phi) is 2.26. The smallest absolute Gasteiger partial charge is 0.123 e. The molecule has 86 valence electrons. The van der Waals surface area contributed by atoms with Crippen LogP contribution in [-0.2, 0) is 5.60 Å². The predicted octanol–water partition coefficient (Wildman–Crippen LogP) is 1.74. The van der Waals surface area contributed by atoms with Crippen molar-refractivity contribution < 1.29 is 9.50 Å². The molecule has 0 saturated carbocycles. The number of hydrogen-bond acceptors (Lipinski definition) is 2. The second kappa shape index (κ2) is 3.54. The third-order valence-electron chi connectivity index (χ3n) is 4.07. The zero-order valence-corrected chi connectivity index (χ0v) is 9.19. The van der Waals surface area contributed by atoms with Gasteiger partial charge in [0.1, 0.15) is 11.4 Å². The molecule has 0 amide bonds. The molecule has 3 saturated heterocycles. The highest BCUT2D eigenvalue weighted by molar-refractivity contribution is 5.26. The van der Waals surface area contributed by atoms with E-state index in [9.17, 15) is 9.50 Å². The standard InChI is InChI=1S/C13H16FNO/c14-12-3-1-10(2-4-12)13(16)9-15-7-5-11(13)6-8-15/h1-4,11,16H,5-9H2/t13-/m0/s1. The lowest BCUT2D eigenvalue weighted by atomic mass is 9.72. The van der Waals surface area contributed by atoms with Crippen LogP contribution >= 0.6 is 0 Å². The van der Waals surface area contributed by atoms with Gasteiger partial charge in [0.25, 0.3) is 0 Å². The summed E-state index contributed by atoms with van der Waals surface area (Å²) in [6.45, 7) is 2.88. The van der Waals surface area contributed by atoms with E-state index >= 15 is 0 Å². The minimum atomic E-state index is -0.760. The Morgan fingerprint density at radius 2 is 1.81 bits per heavy atom. The van der Waals surface area contributed by atoms with Crippen LogP contribution in [0.4, 0.5) is 4.39 Å². The first-order valence-corrected chi connectivity index (χ1v) is 5.89. The maximum atomic E-state index is 12.9. The van der Waals surface area contributed by atoms with E-state index in [1.165, 1.54) is 12.1 Å². The SMILES string of the molecule is O[C@]1(c2ccc(F)cc2)CN2CCC1CC2. The van der Waals surface area contributed by atoms with E-state index in [-0.39, 0.29) is 5.82 Å². The molecule has 3 heteroatoms. The van der Waals surface area contributed by atoms with Gasteiger partial charge in [-0.15, -0.1) is 0 Å². The zero-order valence-electron chi connectivity index (χ0n) is 9.19. The van der Waals surface area contributed by atoms with Gasteiger partial charge in [-0.3, -0.25) is 0 Å². The van der Waals surface area contributed by atoms with Crippen LogP contribution in [0.2, 0.25) is 0 Å². The van der Waals surface area contributed by atoms with E-state index < -0.39 is 5.60 Å². The molecule has 2 bridgehead atoms. The first kappa shape index (κ1) is 10.2. The minimum absolute atomic E-state index is 0.242. The van der Waals surface area contributed by atoms with Crippen molar-refractivity contribution in [1.82, 2.24) is 4.90 Å². The van der Waals surface area contributed by atoms with Gasteiger partial charge in [-0.2, -0.15) is 0 Å². The van der Waals surface area contributed by atoms with Crippen LogP contribution < -0.4 is 0 Å². The van der Waals surface area contributed by atoms with Gasteiger partial charge < -0.3 is 10.0 Å². The van der Waals surface area contributed by atoms with Crippen molar-refractivity contribution in [2.24, 2.45) is 5.92 Å². The van der Waals surface area contributed by atoms with Crippen LogP contribution in [0.25, 0.3) is 0 Å². The van der Waals surface area contributed by atoms with Gasteiger partial charge in [-0.05, 0) is 49.5 Å². The van der Waals surface area contributed by atoms with Gasteiger partial charge in [0.05, 0.1) is 0 Å². The summed E-state index contributed by atoms with van der Waals surface area (Å²) in [7, 11) is 0. The van der Waals surface area contributed by atoms with Crippen molar-refractivity contribution in [3.8, 4) is 0 Å². The Labute approximate surface area is 94.7 Å². The highest BCUT2D eigenvalue weighted by atomic mass is 19.1. The normalized spacial score (nSPS) is 37.6. The first-order valence-electron chi connectivity index (χ1n) is 5.89. The third-order valence-corrected chi connectivity index (χ3v) is 4.07. The molecule has 1 aromatic carbocycles. The molecule has 1 aromatic rings. The monoisotopic (exact) mass is 221 g/mol. The summed E-state index contributed by atoms with van der Waals surface area (Å²) in [4.78, 5) is 2.29. The summed E-state index contributed by atoms with van der Waals surface area (Å²) in [6, 6.07) is 6.31. The fourth-order valence-corrected chi connectivity index (χ4v) is 3.10. The molecule has 0 spiro atoms. The molecule has 16 heavy (non-hydrogen) atoms. The second-order valence-electron chi connectivity index (χ2n) is 4.98. The van der Waals surface area contributed by atoms with Gasteiger partial charge in [0.2, 0.25) is 0 Å². The van der Waals surface area contributed by atoms with Crippen molar-refractivity contribution in [2.45, 2.75) is 18.4 Å². The van der Waals surface area contributed by atoms with Crippen LogP contribution in [0.1, 0.15) is 18.4 Å². The fraction of sp³-hybridized carbons (Fsp3) is 0.538. The Morgan fingerprint density at radius 3 is 2.31 bits per heavy atom. The summed E-state index contributed by atoms with van der Waals surface area (Å²) in [5.41, 5.74) is 0.104. The number of aliphatic hydroxyl groups is 1. The lowest BCUT2D eigenvalue weighted by Gasteiger charge is -2.50. The highest BCUT2D eigenvalue weighted by Gasteiger charge is 2.46. The van der Waals surface area contributed by atoms with Crippen LogP contribution in [0.15, 0.2) is 24.3 Å². The molecular weight excluding hydrogens is 205 g/mol. The van der Waals surface area contributed by atoms with Crippen molar-refractivity contribution in [3.63, 3.8) is 0 Å². The molecule has 4 rings (SSSR count). The number of rotatable bonds is 1. The van der Waals surface area contributed by atoms with Crippen molar-refractivity contribution >= 4 is 0 Å². The van der Waals surface area contributed by atoms with Gasteiger partial charge >= 0.3 is 0 Å². The van der Waals surface area contributed by atoms with E-state index in [4.69, 9.17) is 0 Å². The zero-order chi connectivity index (χ0) is 11.2. The summed E-state index contributed by atoms with van der Waals surface area (Å²) in [5.74, 6) is 0.0941. The molecule has 0 aromatic heterocycles. The molecule has 3 heterocycles. The number of halogens is 1. The summed E-state index contributed by atoms with van der Waals surface area (Å²) >= 11 is 0. The van der Waals surface area contributed by atoms with Crippen molar-refractivity contribution in [1.29, 1.82) is 0 Å². The van der Waals surface area contributed by atoms with Crippen LogP contribution in [0.3, 0.4) is 0 Å². The van der Waals surface area contributed by atoms with E-state index in [0.717, 1.165) is 31.5 Å². The maximum Gasteiger partial charge on any atom is 0.123 e. The molecule has 3 aliphatic rings. The third kappa shape index (κ3) is 1.46. The van der Waals surface area contributed by atoms with Gasteiger partial charge in [-0.1, -0.05) is 12.1 Å². The topological polar surface area (TPSA) is 23.5 Å². The lowest BCUT2D eigenvalue weighted by Crippen LogP contribution is -2.57. The average molecular weight is 221 g/mol. The fourth-order valence-electron chi connectivity index (χ4n) is 3.10. The number of hydrogen-bond donors (Lipinski definition) is 1.